The van der Waals surface area contributed by atoms with E-state index in [1.54, 1.807) is 0 Å². The second-order valence-electron chi connectivity index (χ2n) is 3.95. The summed E-state index contributed by atoms with van der Waals surface area (Å²) in [7, 11) is 0. The number of nitrogens with zero attached hydrogens (tertiary/aromatic N) is 2. The maximum atomic E-state index is 11.0. The van der Waals surface area contributed by atoms with Crippen LogP contribution in [-0.2, 0) is 11.3 Å². The largest absolute Gasteiger partial charge is 0.480 e. The average Bonchev–Trinajstić information content (AvgIpc) is 2.52. The van der Waals surface area contributed by atoms with Crippen molar-refractivity contribution in [1.82, 2.24) is 15.1 Å². The number of hydrogen-bond donors (Lipinski definition) is 2. The van der Waals surface area contributed by atoms with Crippen LogP contribution in [0.1, 0.15) is 24.7 Å². The van der Waals surface area contributed by atoms with Crippen molar-refractivity contribution in [1.29, 1.82) is 0 Å². The standard InChI is InChI=1S/C11H18BrN3O2/c1-4-13-9(11(16)17)5-6-15-8(3)10(12)7(2)14-15/h9,13H,4-6H2,1-3H3,(H,16,17). The molecule has 0 aromatic carbocycles. The first-order valence-electron chi connectivity index (χ1n) is 5.63. The molecule has 0 amide bonds. The molecule has 6 heteroatoms. The Morgan fingerprint density at radius 1 is 1.59 bits per heavy atom. The minimum Gasteiger partial charge on any atom is -0.480 e. The molecular weight excluding hydrogens is 286 g/mol. The van der Waals surface area contributed by atoms with Crippen LogP contribution in [0.3, 0.4) is 0 Å². The second-order valence-corrected chi connectivity index (χ2v) is 4.74. The van der Waals surface area contributed by atoms with Gasteiger partial charge in [0.2, 0.25) is 0 Å². The smallest absolute Gasteiger partial charge is 0.320 e. The third kappa shape index (κ3) is 3.54. The lowest BCUT2D eigenvalue weighted by molar-refractivity contribution is -0.139. The lowest BCUT2D eigenvalue weighted by atomic mass is 10.2. The van der Waals surface area contributed by atoms with Crippen LogP contribution in [0.2, 0.25) is 0 Å². The van der Waals surface area contributed by atoms with Crippen LogP contribution in [-0.4, -0.2) is 33.4 Å². The molecule has 0 fully saturated rings. The molecule has 1 heterocycles. The third-order valence-corrected chi connectivity index (χ3v) is 3.82. The molecular formula is C11H18BrN3O2. The number of carboxylic acid groups (broad SMARTS) is 1. The van der Waals surface area contributed by atoms with Gasteiger partial charge >= 0.3 is 5.97 Å². The van der Waals surface area contributed by atoms with Gasteiger partial charge in [-0.25, -0.2) is 0 Å². The van der Waals surface area contributed by atoms with Gasteiger partial charge in [-0.05, 0) is 42.7 Å². The number of hydrogen-bond acceptors (Lipinski definition) is 3. The van der Waals surface area contributed by atoms with E-state index < -0.39 is 12.0 Å². The molecule has 0 bridgehead atoms. The van der Waals surface area contributed by atoms with Gasteiger partial charge in [-0.15, -0.1) is 0 Å². The zero-order valence-corrected chi connectivity index (χ0v) is 11.9. The number of aryl methyl sites for hydroxylation is 2. The number of carbonyl (C=O) groups is 1. The van der Waals surface area contributed by atoms with E-state index in [-0.39, 0.29) is 0 Å². The fourth-order valence-electron chi connectivity index (χ4n) is 1.70. The van der Waals surface area contributed by atoms with Gasteiger partial charge in [0, 0.05) is 12.2 Å². The zero-order valence-electron chi connectivity index (χ0n) is 10.3. The lowest BCUT2D eigenvalue weighted by Gasteiger charge is -2.13. The second kappa shape index (κ2) is 6.16. The molecule has 5 nitrogen and oxygen atoms in total. The summed E-state index contributed by atoms with van der Waals surface area (Å²) >= 11 is 3.45. The molecule has 0 radical (unpaired) electrons. The van der Waals surface area contributed by atoms with E-state index in [2.05, 4.69) is 26.3 Å². The minimum absolute atomic E-state index is 0.511. The lowest BCUT2D eigenvalue weighted by Crippen LogP contribution is -2.37. The van der Waals surface area contributed by atoms with E-state index in [9.17, 15) is 4.79 Å². The normalized spacial score (nSPS) is 12.7. The van der Waals surface area contributed by atoms with Gasteiger partial charge in [-0.3, -0.25) is 9.48 Å². The Bertz CT molecular complexity index is 404. The number of aliphatic carboxylic acids is 1. The summed E-state index contributed by atoms with van der Waals surface area (Å²) in [5, 5.41) is 16.3. The molecule has 1 aromatic heterocycles. The van der Waals surface area contributed by atoms with Crippen molar-refractivity contribution in [2.45, 2.75) is 39.8 Å². The van der Waals surface area contributed by atoms with Crippen molar-refractivity contribution in [3.8, 4) is 0 Å². The number of nitrogens with one attached hydrogen (secondary N) is 1. The molecule has 0 aliphatic carbocycles. The van der Waals surface area contributed by atoms with Crippen molar-refractivity contribution in [3.63, 3.8) is 0 Å². The van der Waals surface area contributed by atoms with Crippen molar-refractivity contribution in [2.24, 2.45) is 0 Å². The first kappa shape index (κ1) is 14.2. The number of aromatic nitrogens is 2. The highest BCUT2D eigenvalue weighted by atomic mass is 79.9. The van der Waals surface area contributed by atoms with Gasteiger partial charge in [0.15, 0.2) is 0 Å². The first-order valence-corrected chi connectivity index (χ1v) is 6.42. The van der Waals surface area contributed by atoms with Gasteiger partial charge in [-0.1, -0.05) is 6.92 Å². The van der Waals surface area contributed by atoms with Crippen LogP contribution in [0.5, 0.6) is 0 Å². The maximum Gasteiger partial charge on any atom is 0.320 e. The summed E-state index contributed by atoms with van der Waals surface area (Å²) in [5.74, 6) is -0.813. The van der Waals surface area contributed by atoms with E-state index in [0.29, 0.717) is 19.5 Å². The summed E-state index contributed by atoms with van der Waals surface area (Å²) in [6.07, 6.45) is 0.525. The van der Waals surface area contributed by atoms with Crippen molar-refractivity contribution < 1.29 is 9.90 Å². The van der Waals surface area contributed by atoms with Gasteiger partial charge in [0.1, 0.15) is 6.04 Å². The zero-order chi connectivity index (χ0) is 13.0. The predicted octanol–water partition coefficient (Wildman–Crippen LogP) is 1.72. The van der Waals surface area contributed by atoms with E-state index in [4.69, 9.17) is 5.11 Å². The highest BCUT2D eigenvalue weighted by molar-refractivity contribution is 9.10. The van der Waals surface area contributed by atoms with E-state index in [0.717, 1.165) is 15.9 Å². The Hall–Kier alpha value is -0.880. The highest BCUT2D eigenvalue weighted by Crippen LogP contribution is 2.19. The molecule has 0 aliphatic rings. The molecule has 0 saturated carbocycles. The topological polar surface area (TPSA) is 67.2 Å². The van der Waals surface area contributed by atoms with Crippen LogP contribution >= 0.6 is 15.9 Å². The fourth-order valence-corrected chi connectivity index (χ4v) is 1.99. The quantitative estimate of drug-likeness (QED) is 0.840. The van der Waals surface area contributed by atoms with E-state index >= 15 is 0 Å². The highest BCUT2D eigenvalue weighted by Gasteiger charge is 2.17. The molecule has 0 spiro atoms. The Labute approximate surface area is 109 Å². The van der Waals surface area contributed by atoms with Gasteiger partial charge < -0.3 is 10.4 Å². The fraction of sp³-hybridized carbons (Fsp3) is 0.636. The van der Waals surface area contributed by atoms with Crippen molar-refractivity contribution in [2.75, 3.05) is 6.54 Å². The first-order chi connectivity index (χ1) is 7.97. The van der Waals surface area contributed by atoms with E-state index in [1.165, 1.54) is 0 Å². The summed E-state index contributed by atoms with van der Waals surface area (Å²) < 4.78 is 2.83. The summed E-state index contributed by atoms with van der Waals surface area (Å²) in [6, 6.07) is -0.511. The molecule has 0 aliphatic heterocycles. The van der Waals surface area contributed by atoms with Crippen LogP contribution in [0.25, 0.3) is 0 Å². The number of carboxylic acids is 1. The molecule has 0 saturated heterocycles. The molecule has 2 N–H and O–H groups in total. The minimum atomic E-state index is -0.813. The Morgan fingerprint density at radius 3 is 2.65 bits per heavy atom. The number of halogens is 1. The van der Waals surface area contributed by atoms with Gasteiger partial charge in [0.05, 0.1) is 10.2 Å². The molecule has 1 aromatic rings. The molecule has 96 valence electrons. The predicted molar refractivity (Wildman–Crippen MR) is 69.1 cm³/mol. The SMILES string of the molecule is CCNC(CCn1nc(C)c(Br)c1C)C(=O)O. The Balaban J connectivity index is 2.65. The summed E-state index contributed by atoms with van der Waals surface area (Å²) in [5.41, 5.74) is 1.96. The van der Waals surface area contributed by atoms with Crippen LogP contribution in [0, 0.1) is 13.8 Å². The summed E-state index contributed by atoms with van der Waals surface area (Å²) in [4.78, 5) is 11.0. The number of likely N-dealkylation sites (N-methyl/N-ethyl adjacent to an activating group) is 1. The molecule has 1 rings (SSSR count). The maximum absolute atomic E-state index is 11.0. The van der Waals surface area contributed by atoms with Crippen LogP contribution < -0.4 is 5.32 Å². The summed E-state index contributed by atoms with van der Waals surface area (Å²) in [6.45, 7) is 7.04. The third-order valence-electron chi connectivity index (χ3n) is 2.67. The molecule has 1 unspecified atom stereocenters. The Kier molecular flexibility index (Phi) is 5.14. The van der Waals surface area contributed by atoms with E-state index in [1.807, 2.05) is 25.5 Å². The molecule has 17 heavy (non-hydrogen) atoms. The van der Waals surface area contributed by atoms with Crippen LogP contribution in [0.15, 0.2) is 4.47 Å². The number of rotatable bonds is 6. The Morgan fingerprint density at radius 2 is 2.24 bits per heavy atom. The van der Waals surface area contributed by atoms with Crippen molar-refractivity contribution in [3.05, 3.63) is 15.9 Å². The van der Waals surface area contributed by atoms with Crippen LogP contribution in [0.4, 0.5) is 0 Å². The van der Waals surface area contributed by atoms with Gasteiger partial charge in [-0.2, -0.15) is 5.10 Å². The average molecular weight is 304 g/mol. The van der Waals surface area contributed by atoms with Gasteiger partial charge in [0.25, 0.3) is 0 Å². The van der Waals surface area contributed by atoms with Crippen molar-refractivity contribution >= 4 is 21.9 Å². The monoisotopic (exact) mass is 303 g/mol. The molecule has 1 atom stereocenters.